The Kier molecular flexibility index (Phi) is 9.54. The lowest BCUT2D eigenvalue weighted by atomic mass is 9.98. The van der Waals surface area contributed by atoms with E-state index >= 15 is 0 Å². The Bertz CT molecular complexity index is 1770. The molecule has 2 saturated heterocycles. The quantitative estimate of drug-likeness (QED) is 0.264. The fourth-order valence-corrected chi connectivity index (χ4v) is 6.80. The highest BCUT2D eigenvalue weighted by molar-refractivity contribution is 5.92. The van der Waals surface area contributed by atoms with Crippen LogP contribution in [0.4, 0.5) is 10.5 Å². The Morgan fingerprint density at radius 2 is 1.60 bits per heavy atom. The van der Waals surface area contributed by atoms with Crippen LogP contribution in [0.15, 0.2) is 91.0 Å². The summed E-state index contributed by atoms with van der Waals surface area (Å²) in [4.78, 5) is 47.7. The van der Waals surface area contributed by atoms with E-state index in [1.165, 1.54) is 0 Å². The first-order valence-corrected chi connectivity index (χ1v) is 16.4. The van der Waals surface area contributed by atoms with Crippen LogP contribution in [0.5, 0.6) is 5.75 Å². The molecule has 0 spiro atoms. The summed E-state index contributed by atoms with van der Waals surface area (Å²) in [5, 5.41) is 8.73. The van der Waals surface area contributed by atoms with Gasteiger partial charge in [0.2, 0.25) is 11.8 Å². The molecular formula is C38H44N6O4. The highest BCUT2D eigenvalue weighted by atomic mass is 16.5. The number of hydrazine groups is 1. The molecule has 2 atom stereocenters. The van der Waals surface area contributed by atoms with Gasteiger partial charge in [0.25, 0.3) is 0 Å². The molecule has 0 radical (unpaired) electrons. The summed E-state index contributed by atoms with van der Waals surface area (Å²) < 4.78 is 5.26. The van der Waals surface area contributed by atoms with Gasteiger partial charge in [-0.05, 0) is 65.6 Å². The second-order valence-corrected chi connectivity index (χ2v) is 13.0. The number of amides is 4. The van der Waals surface area contributed by atoms with Crippen LogP contribution in [0.1, 0.15) is 30.5 Å². The maximum absolute atomic E-state index is 14.4. The van der Waals surface area contributed by atoms with E-state index < -0.39 is 12.2 Å². The molecule has 2 heterocycles. The summed E-state index contributed by atoms with van der Waals surface area (Å²) in [7, 11) is 5.59. The zero-order valence-electron chi connectivity index (χ0n) is 28.3. The van der Waals surface area contributed by atoms with E-state index in [2.05, 4.69) is 29.6 Å². The Morgan fingerprint density at radius 3 is 2.29 bits per heavy atom. The van der Waals surface area contributed by atoms with E-state index in [1.807, 2.05) is 109 Å². The summed E-state index contributed by atoms with van der Waals surface area (Å²) in [6.45, 7) is 4.87. The number of nitrogens with zero attached hydrogens (tertiary/aromatic N) is 5. The van der Waals surface area contributed by atoms with E-state index in [1.54, 1.807) is 17.0 Å². The molecule has 2 aliphatic heterocycles. The molecule has 0 bridgehead atoms. The summed E-state index contributed by atoms with van der Waals surface area (Å²) >= 11 is 0. The fourth-order valence-electron chi connectivity index (χ4n) is 6.80. The van der Waals surface area contributed by atoms with Crippen LogP contribution in [0, 0.1) is 0 Å². The average Bonchev–Trinajstić information content (AvgIpc) is 3.40. The SMILES string of the molecule is COc1ccc(CNC(=O)N(C(C)C)N2CC(=O)N3[C@@H](Cc4ccc(N(C)C)cc4)C(=O)N(Cc4cccc5ccccc45)C[C@@H]32)cc1. The van der Waals surface area contributed by atoms with Gasteiger partial charge in [-0.2, -0.15) is 5.01 Å². The van der Waals surface area contributed by atoms with E-state index in [4.69, 9.17) is 4.74 Å². The number of rotatable bonds is 10. The van der Waals surface area contributed by atoms with E-state index in [-0.39, 0.29) is 37.0 Å². The fraction of sp³-hybridized carbons (Fsp3) is 0.342. The summed E-state index contributed by atoms with van der Waals surface area (Å²) in [5.74, 6) is 0.487. The molecule has 4 aromatic rings. The summed E-state index contributed by atoms with van der Waals surface area (Å²) in [6.07, 6.45) is -0.134. The number of ether oxygens (including phenoxy) is 1. The average molecular weight is 649 g/mol. The molecule has 250 valence electrons. The van der Waals surface area contributed by atoms with Crippen molar-refractivity contribution in [3.05, 3.63) is 108 Å². The predicted molar refractivity (Wildman–Crippen MR) is 187 cm³/mol. The maximum atomic E-state index is 14.4. The standard InChI is InChI=1S/C38H44N6O4/c1-26(2)44(38(47)39-22-28-15-19-32(48-5)20-16-28)42-25-36(45)43-34(21-27-13-17-31(18-14-27)40(3)4)37(46)41(24-35(42)43)23-30-11-8-10-29-9-6-7-12-33(29)30/h6-20,26,34-35H,21-25H2,1-5H3,(H,39,47)/t34-,35+/m0/s1. The van der Waals surface area contributed by atoms with Crippen LogP contribution in [0.25, 0.3) is 10.8 Å². The molecule has 2 fully saturated rings. The number of carbonyl (C=O) groups excluding carboxylic acids is 3. The molecule has 10 nitrogen and oxygen atoms in total. The first kappa shape index (κ1) is 32.8. The Balaban J connectivity index is 1.30. The molecule has 10 heteroatoms. The van der Waals surface area contributed by atoms with Gasteiger partial charge in [-0.25, -0.2) is 4.79 Å². The Morgan fingerprint density at radius 1 is 0.917 bits per heavy atom. The van der Waals surface area contributed by atoms with Gasteiger partial charge in [-0.15, -0.1) is 0 Å². The number of nitrogens with one attached hydrogen (secondary N) is 1. The minimum absolute atomic E-state index is 0.00422. The van der Waals surface area contributed by atoms with Crippen molar-refractivity contribution < 1.29 is 19.1 Å². The van der Waals surface area contributed by atoms with Crippen molar-refractivity contribution in [1.82, 2.24) is 25.1 Å². The maximum Gasteiger partial charge on any atom is 0.332 e. The van der Waals surface area contributed by atoms with Gasteiger partial charge >= 0.3 is 6.03 Å². The van der Waals surface area contributed by atoms with Crippen LogP contribution < -0.4 is 15.0 Å². The minimum atomic E-state index is -0.710. The number of anilines is 1. The molecule has 0 aliphatic carbocycles. The number of piperazine rings is 1. The molecule has 0 aromatic heterocycles. The Hall–Kier alpha value is -5.09. The Labute approximate surface area is 282 Å². The van der Waals surface area contributed by atoms with Gasteiger partial charge in [0.15, 0.2) is 0 Å². The molecule has 0 saturated carbocycles. The number of benzene rings is 4. The van der Waals surface area contributed by atoms with Crippen LogP contribution in [0.3, 0.4) is 0 Å². The summed E-state index contributed by atoms with van der Waals surface area (Å²) in [5.41, 5.74) is 3.99. The third kappa shape index (κ3) is 6.66. The van der Waals surface area contributed by atoms with Crippen molar-refractivity contribution in [3.63, 3.8) is 0 Å². The smallest absolute Gasteiger partial charge is 0.332 e. The van der Waals surface area contributed by atoms with Gasteiger partial charge in [-0.1, -0.05) is 66.7 Å². The van der Waals surface area contributed by atoms with E-state index in [9.17, 15) is 14.4 Å². The largest absolute Gasteiger partial charge is 0.497 e. The summed E-state index contributed by atoms with van der Waals surface area (Å²) in [6, 6.07) is 28.7. The van der Waals surface area contributed by atoms with Crippen molar-refractivity contribution in [1.29, 1.82) is 0 Å². The molecule has 4 amide bonds. The zero-order valence-corrected chi connectivity index (χ0v) is 28.3. The number of carbonyl (C=O) groups is 3. The van der Waals surface area contributed by atoms with Gasteiger partial charge in [-0.3, -0.25) is 14.6 Å². The van der Waals surface area contributed by atoms with Gasteiger partial charge in [0, 0.05) is 45.3 Å². The molecule has 1 N–H and O–H groups in total. The van der Waals surface area contributed by atoms with Crippen molar-refractivity contribution in [3.8, 4) is 5.75 Å². The van der Waals surface area contributed by atoms with Crippen LogP contribution in [0.2, 0.25) is 0 Å². The number of hydrogen-bond acceptors (Lipinski definition) is 6. The third-order valence-corrected chi connectivity index (χ3v) is 9.27. The number of fused-ring (bicyclic) bond motifs is 2. The van der Waals surface area contributed by atoms with Crippen molar-refractivity contribution >= 4 is 34.3 Å². The molecule has 0 unspecified atom stereocenters. The normalized spacial score (nSPS) is 18.0. The second kappa shape index (κ2) is 13.9. The van der Waals surface area contributed by atoms with Crippen molar-refractivity contribution in [2.75, 3.05) is 39.2 Å². The number of hydrogen-bond donors (Lipinski definition) is 1. The van der Waals surface area contributed by atoms with Gasteiger partial charge in [0.1, 0.15) is 18.0 Å². The van der Waals surface area contributed by atoms with Crippen molar-refractivity contribution in [2.45, 2.75) is 51.6 Å². The van der Waals surface area contributed by atoms with Crippen molar-refractivity contribution in [2.24, 2.45) is 0 Å². The van der Waals surface area contributed by atoms with Crippen LogP contribution >= 0.6 is 0 Å². The van der Waals surface area contributed by atoms with E-state index in [0.29, 0.717) is 19.5 Å². The third-order valence-electron chi connectivity index (χ3n) is 9.27. The highest BCUT2D eigenvalue weighted by Gasteiger charge is 2.52. The number of urea groups is 1. The lowest BCUT2D eigenvalue weighted by molar-refractivity contribution is -0.158. The van der Waals surface area contributed by atoms with Gasteiger partial charge < -0.3 is 24.8 Å². The predicted octanol–water partition coefficient (Wildman–Crippen LogP) is 4.87. The molecule has 6 rings (SSSR count). The highest BCUT2D eigenvalue weighted by Crippen LogP contribution is 2.32. The van der Waals surface area contributed by atoms with Crippen LogP contribution in [-0.4, -0.2) is 90.2 Å². The minimum Gasteiger partial charge on any atom is -0.497 e. The molecule has 48 heavy (non-hydrogen) atoms. The van der Waals surface area contributed by atoms with Crippen LogP contribution in [-0.2, 0) is 29.1 Å². The topological polar surface area (TPSA) is 88.7 Å². The first-order chi connectivity index (χ1) is 23.1. The van der Waals surface area contributed by atoms with E-state index in [0.717, 1.165) is 38.9 Å². The molecule has 2 aliphatic rings. The number of methoxy groups -OCH3 is 1. The lowest BCUT2D eigenvalue weighted by Crippen LogP contribution is -2.66. The monoisotopic (exact) mass is 648 g/mol. The lowest BCUT2D eigenvalue weighted by Gasteiger charge is -2.47. The molecule has 4 aromatic carbocycles. The first-order valence-electron chi connectivity index (χ1n) is 16.4. The zero-order chi connectivity index (χ0) is 33.9. The second-order valence-electron chi connectivity index (χ2n) is 13.0. The van der Waals surface area contributed by atoms with Gasteiger partial charge in [0.05, 0.1) is 20.2 Å². The molecular weight excluding hydrogens is 604 g/mol.